The summed E-state index contributed by atoms with van der Waals surface area (Å²) in [5, 5.41) is 4.95. The van der Waals surface area contributed by atoms with Gasteiger partial charge in [0, 0.05) is 11.9 Å². The summed E-state index contributed by atoms with van der Waals surface area (Å²) in [6.45, 7) is 3.87. The number of carbonyl (C=O) groups is 2. The van der Waals surface area contributed by atoms with Crippen LogP contribution in [0.5, 0.6) is 0 Å². The third kappa shape index (κ3) is 3.79. The van der Waals surface area contributed by atoms with E-state index in [4.69, 9.17) is 10.5 Å². The van der Waals surface area contributed by atoms with Crippen LogP contribution >= 0.6 is 0 Å². The molecule has 7 heteroatoms. The molecule has 1 aromatic carbocycles. The molecule has 1 atom stereocenters. The molecule has 7 nitrogen and oxygen atoms in total. The number of primary amides is 1. The lowest BCUT2D eigenvalue weighted by atomic mass is 10.1. The Bertz CT molecular complexity index is 813. The molecule has 0 radical (unpaired) electrons. The normalized spacial score (nSPS) is 12.1. The van der Waals surface area contributed by atoms with Crippen molar-refractivity contribution < 1.29 is 14.3 Å². The van der Waals surface area contributed by atoms with Crippen LogP contribution in [0.25, 0.3) is 10.8 Å². The number of ether oxygens (including phenoxy) is 1. The molecule has 0 fully saturated rings. The van der Waals surface area contributed by atoms with Gasteiger partial charge in [-0.25, -0.2) is 9.48 Å². The molecule has 1 heterocycles. The molecule has 0 spiro atoms. The van der Waals surface area contributed by atoms with Crippen molar-refractivity contribution in [2.24, 2.45) is 5.73 Å². The van der Waals surface area contributed by atoms with E-state index in [9.17, 15) is 14.4 Å². The van der Waals surface area contributed by atoms with E-state index in [1.807, 2.05) is 0 Å². The van der Waals surface area contributed by atoms with Crippen LogP contribution in [0, 0.1) is 0 Å². The van der Waals surface area contributed by atoms with Crippen LogP contribution in [-0.4, -0.2) is 27.8 Å². The number of fused-ring (bicyclic) bond motifs is 1. The summed E-state index contributed by atoms with van der Waals surface area (Å²) in [6, 6.07) is 6.70. The molecule has 0 saturated carbocycles. The number of carbonyl (C=O) groups excluding carboxylic acids is 2. The molecule has 0 bridgehead atoms. The molecular weight excluding hydrogens is 310 g/mol. The number of rotatable bonds is 7. The Kier molecular flexibility index (Phi) is 5.68. The molecule has 1 aromatic heterocycles. The number of amides is 1. The molecule has 128 valence electrons. The molecule has 0 aliphatic carbocycles. The van der Waals surface area contributed by atoms with Crippen molar-refractivity contribution in [1.29, 1.82) is 0 Å². The van der Waals surface area contributed by atoms with Crippen molar-refractivity contribution >= 4 is 22.6 Å². The zero-order valence-corrected chi connectivity index (χ0v) is 13.8. The first-order valence-electron chi connectivity index (χ1n) is 7.95. The highest BCUT2D eigenvalue weighted by Crippen LogP contribution is 2.15. The van der Waals surface area contributed by atoms with Crippen LogP contribution in [0.15, 0.2) is 29.1 Å². The van der Waals surface area contributed by atoms with Gasteiger partial charge in [0.15, 0.2) is 11.8 Å². The molecule has 1 amide bonds. The van der Waals surface area contributed by atoms with Crippen molar-refractivity contribution in [2.45, 2.75) is 45.8 Å². The van der Waals surface area contributed by atoms with E-state index in [1.54, 1.807) is 24.3 Å². The first-order valence-corrected chi connectivity index (χ1v) is 7.95. The molecule has 0 aliphatic heterocycles. The van der Waals surface area contributed by atoms with Crippen LogP contribution < -0.4 is 11.3 Å². The minimum absolute atomic E-state index is 0.00907. The number of esters is 1. The van der Waals surface area contributed by atoms with Gasteiger partial charge in [0.2, 0.25) is 0 Å². The molecule has 2 rings (SSSR count). The third-order valence-corrected chi connectivity index (χ3v) is 3.72. The SMILES string of the molecule is CCCCCn1nc(C(=O)O[C@H](C)C(N)=O)c2ccccc2c1=O. The lowest BCUT2D eigenvalue weighted by molar-refractivity contribution is -0.125. The quantitative estimate of drug-likeness (QED) is 0.613. The average Bonchev–Trinajstić information content (AvgIpc) is 2.57. The van der Waals surface area contributed by atoms with Gasteiger partial charge < -0.3 is 10.5 Å². The zero-order chi connectivity index (χ0) is 17.7. The van der Waals surface area contributed by atoms with Crippen LogP contribution in [0.1, 0.15) is 43.6 Å². The minimum Gasteiger partial charge on any atom is -0.448 e. The van der Waals surface area contributed by atoms with Crippen LogP contribution in [-0.2, 0) is 16.1 Å². The maximum atomic E-state index is 12.5. The number of unbranched alkanes of at least 4 members (excludes halogenated alkanes) is 2. The fourth-order valence-electron chi connectivity index (χ4n) is 2.32. The zero-order valence-electron chi connectivity index (χ0n) is 13.8. The third-order valence-electron chi connectivity index (χ3n) is 3.72. The largest absolute Gasteiger partial charge is 0.448 e. The summed E-state index contributed by atoms with van der Waals surface area (Å²) >= 11 is 0. The van der Waals surface area contributed by atoms with Gasteiger partial charge in [0.05, 0.1) is 5.39 Å². The van der Waals surface area contributed by atoms with Gasteiger partial charge in [0.25, 0.3) is 11.5 Å². The van der Waals surface area contributed by atoms with E-state index in [0.717, 1.165) is 19.3 Å². The fraction of sp³-hybridized carbons (Fsp3) is 0.412. The van der Waals surface area contributed by atoms with Gasteiger partial charge in [-0.15, -0.1) is 0 Å². The first-order chi connectivity index (χ1) is 11.5. The van der Waals surface area contributed by atoms with E-state index < -0.39 is 18.0 Å². The number of benzene rings is 1. The van der Waals surface area contributed by atoms with E-state index in [2.05, 4.69) is 12.0 Å². The summed E-state index contributed by atoms with van der Waals surface area (Å²) < 4.78 is 6.32. The maximum Gasteiger partial charge on any atom is 0.360 e. The van der Waals surface area contributed by atoms with Gasteiger partial charge in [-0.3, -0.25) is 9.59 Å². The molecule has 24 heavy (non-hydrogen) atoms. The van der Waals surface area contributed by atoms with Crippen LogP contribution in [0.3, 0.4) is 0 Å². The molecule has 0 unspecified atom stereocenters. The molecule has 2 N–H and O–H groups in total. The maximum absolute atomic E-state index is 12.5. The lowest BCUT2D eigenvalue weighted by Crippen LogP contribution is -2.32. The molecular formula is C17H21N3O4. The summed E-state index contributed by atoms with van der Waals surface area (Å²) in [4.78, 5) is 36.0. The average molecular weight is 331 g/mol. The molecule has 2 aromatic rings. The van der Waals surface area contributed by atoms with Gasteiger partial charge >= 0.3 is 5.97 Å². The number of nitrogens with two attached hydrogens (primary N) is 1. The van der Waals surface area contributed by atoms with E-state index in [1.165, 1.54) is 11.6 Å². The van der Waals surface area contributed by atoms with Gasteiger partial charge in [0.1, 0.15) is 0 Å². The standard InChI is InChI=1S/C17H21N3O4/c1-3-4-7-10-20-16(22)13-9-6-5-8-12(13)14(19-20)17(23)24-11(2)15(18)21/h5-6,8-9,11H,3-4,7,10H2,1-2H3,(H2,18,21)/t11-/m1/s1. The first kappa shape index (κ1) is 17.7. The summed E-state index contributed by atoms with van der Waals surface area (Å²) in [6.07, 6.45) is 1.68. The van der Waals surface area contributed by atoms with Crippen molar-refractivity contribution in [3.05, 3.63) is 40.3 Å². The minimum atomic E-state index is -1.07. The highest BCUT2D eigenvalue weighted by Gasteiger charge is 2.21. The number of hydrogen-bond donors (Lipinski definition) is 1. The Hall–Kier alpha value is -2.70. The number of hydrogen-bond acceptors (Lipinski definition) is 5. The Balaban J connectivity index is 2.47. The Morgan fingerprint density at radius 3 is 2.54 bits per heavy atom. The van der Waals surface area contributed by atoms with Crippen molar-refractivity contribution in [2.75, 3.05) is 0 Å². The Morgan fingerprint density at radius 1 is 1.25 bits per heavy atom. The van der Waals surface area contributed by atoms with Gasteiger partial charge in [-0.2, -0.15) is 5.10 Å². The summed E-state index contributed by atoms with van der Waals surface area (Å²) in [7, 11) is 0. The monoisotopic (exact) mass is 331 g/mol. The number of aromatic nitrogens is 2. The molecule has 0 aliphatic rings. The second-order valence-corrected chi connectivity index (χ2v) is 5.58. The van der Waals surface area contributed by atoms with Crippen molar-refractivity contribution in [3.8, 4) is 0 Å². The fourth-order valence-corrected chi connectivity index (χ4v) is 2.32. The predicted octanol–water partition coefficient (Wildman–Crippen LogP) is 1.62. The van der Waals surface area contributed by atoms with Gasteiger partial charge in [-0.1, -0.05) is 38.0 Å². The Labute approximate surface area is 139 Å². The second-order valence-electron chi connectivity index (χ2n) is 5.58. The summed E-state index contributed by atoms with van der Waals surface area (Å²) in [5.74, 6) is -1.52. The highest BCUT2D eigenvalue weighted by atomic mass is 16.5. The van der Waals surface area contributed by atoms with Crippen LogP contribution in [0.2, 0.25) is 0 Å². The van der Waals surface area contributed by atoms with Crippen LogP contribution in [0.4, 0.5) is 0 Å². The van der Waals surface area contributed by atoms with E-state index >= 15 is 0 Å². The number of nitrogens with zero attached hydrogens (tertiary/aromatic N) is 2. The highest BCUT2D eigenvalue weighted by molar-refractivity contribution is 6.02. The second kappa shape index (κ2) is 7.72. The topological polar surface area (TPSA) is 104 Å². The summed E-state index contributed by atoms with van der Waals surface area (Å²) in [5.41, 5.74) is 4.88. The van der Waals surface area contributed by atoms with Crippen molar-refractivity contribution in [1.82, 2.24) is 9.78 Å². The van der Waals surface area contributed by atoms with Gasteiger partial charge in [-0.05, 0) is 19.4 Å². The number of aryl methyl sites for hydroxylation is 1. The predicted molar refractivity (Wildman–Crippen MR) is 89.6 cm³/mol. The van der Waals surface area contributed by atoms with E-state index in [0.29, 0.717) is 17.3 Å². The molecule has 0 saturated heterocycles. The lowest BCUT2D eigenvalue weighted by Gasteiger charge is -2.12. The Morgan fingerprint density at radius 2 is 1.92 bits per heavy atom. The smallest absolute Gasteiger partial charge is 0.360 e. The van der Waals surface area contributed by atoms with E-state index in [-0.39, 0.29) is 11.3 Å². The van der Waals surface area contributed by atoms with Crippen molar-refractivity contribution in [3.63, 3.8) is 0 Å².